The number of carbonyl (C=O) groups excluding carboxylic acids is 1. The van der Waals surface area contributed by atoms with E-state index >= 15 is 0 Å². The molecule has 1 saturated heterocycles. The summed E-state index contributed by atoms with van der Waals surface area (Å²) < 4.78 is 37.9. The molecule has 0 aromatic heterocycles. The molecule has 2 aromatic rings. The molecule has 1 aliphatic heterocycles. The molecule has 1 atom stereocenters. The third kappa shape index (κ3) is 5.44. The Morgan fingerprint density at radius 2 is 1.87 bits per heavy atom. The molecule has 3 rings (SSSR count). The van der Waals surface area contributed by atoms with Crippen LogP contribution in [0.15, 0.2) is 41.3 Å². The summed E-state index contributed by atoms with van der Waals surface area (Å²) >= 11 is 12.1. The van der Waals surface area contributed by atoms with Gasteiger partial charge in [-0.2, -0.15) is 4.31 Å². The van der Waals surface area contributed by atoms with Crippen molar-refractivity contribution in [2.75, 3.05) is 27.3 Å². The average molecular weight is 487 g/mol. The minimum absolute atomic E-state index is 0.0481. The van der Waals surface area contributed by atoms with E-state index in [-0.39, 0.29) is 27.4 Å². The molecule has 0 radical (unpaired) electrons. The SMILES string of the molecule is COc1ccc(CNC(=O)C2CCCN(S(=O)(=O)c3cc(Cl)ccc3Cl)C2)cc1OC. The molecule has 1 heterocycles. The molecule has 31 heavy (non-hydrogen) atoms. The molecular formula is C21H24Cl2N2O5S. The molecule has 0 aliphatic carbocycles. The minimum Gasteiger partial charge on any atom is -0.493 e. The number of rotatable bonds is 7. The van der Waals surface area contributed by atoms with E-state index in [9.17, 15) is 13.2 Å². The van der Waals surface area contributed by atoms with E-state index < -0.39 is 15.9 Å². The number of piperidine rings is 1. The van der Waals surface area contributed by atoms with Crippen LogP contribution in [0.3, 0.4) is 0 Å². The number of halogens is 2. The number of methoxy groups -OCH3 is 2. The summed E-state index contributed by atoms with van der Waals surface area (Å²) in [5.74, 6) is 0.515. The van der Waals surface area contributed by atoms with Crippen molar-refractivity contribution in [3.63, 3.8) is 0 Å². The Balaban J connectivity index is 1.67. The van der Waals surface area contributed by atoms with Crippen molar-refractivity contribution in [2.45, 2.75) is 24.3 Å². The second kappa shape index (κ2) is 10.1. The van der Waals surface area contributed by atoms with Gasteiger partial charge in [0.05, 0.1) is 25.2 Å². The molecule has 10 heteroatoms. The lowest BCUT2D eigenvalue weighted by Crippen LogP contribution is -2.45. The molecule has 1 unspecified atom stereocenters. The Morgan fingerprint density at radius 3 is 2.58 bits per heavy atom. The molecule has 0 saturated carbocycles. The zero-order valence-corrected chi connectivity index (χ0v) is 19.6. The van der Waals surface area contributed by atoms with E-state index in [1.807, 2.05) is 6.07 Å². The molecule has 1 N–H and O–H groups in total. The van der Waals surface area contributed by atoms with Crippen LogP contribution >= 0.6 is 23.2 Å². The Hall–Kier alpha value is -2.00. The van der Waals surface area contributed by atoms with Crippen molar-refractivity contribution in [3.05, 3.63) is 52.0 Å². The van der Waals surface area contributed by atoms with Crippen LogP contribution in [0.5, 0.6) is 11.5 Å². The third-order valence-electron chi connectivity index (χ3n) is 5.18. The normalized spacial score (nSPS) is 17.2. The van der Waals surface area contributed by atoms with E-state index in [1.165, 1.54) is 22.5 Å². The number of nitrogens with one attached hydrogen (secondary N) is 1. The summed E-state index contributed by atoms with van der Waals surface area (Å²) in [6.07, 6.45) is 1.18. The molecule has 2 aromatic carbocycles. The number of nitrogens with zero attached hydrogens (tertiary/aromatic N) is 1. The predicted molar refractivity (Wildman–Crippen MR) is 119 cm³/mol. The highest BCUT2D eigenvalue weighted by Crippen LogP contribution is 2.31. The van der Waals surface area contributed by atoms with E-state index in [2.05, 4.69) is 5.32 Å². The Morgan fingerprint density at radius 1 is 1.13 bits per heavy atom. The highest BCUT2D eigenvalue weighted by molar-refractivity contribution is 7.89. The number of carbonyl (C=O) groups is 1. The second-order valence-corrected chi connectivity index (χ2v) is 9.93. The molecule has 0 bridgehead atoms. The summed E-state index contributed by atoms with van der Waals surface area (Å²) in [5.41, 5.74) is 0.844. The van der Waals surface area contributed by atoms with Gasteiger partial charge in [0, 0.05) is 24.7 Å². The summed E-state index contributed by atoms with van der Waals surface area (Å²) in [4.78, 5) is 12.7. The minimum atomic E-state index is -3.86. The van der Waals surface area contributed by atoms with Crippen LogP contribution in [-0.4, -0.2) is 45.9 Å². The lowest BCUT2D eigenvalue weighted by Gasteiger charge is -2.31. The van der Waals surface area contributed by atoms with Crippen molar-refractivity contribution in [3.8, 4) is 11.5 Å². The van der Waals surface area contributed by atoms with Crippen LogP contribution < -0.4 is 14.8 Å². The van der Waals surface area contributed by atoms with Crippen LogP contribution in [0.2, 0.25) is 10.0 Å². The van der Waals surface area contributed by atoms with E-state index in [1.54, 1.807) is 26.4 Å². The standard InChI is InChI=1S/C21H24Cl2N2O5S/c1-29-18-8-5-14(10-19(18)30-2)12-24-21(26)15-4-3-9-25(13-15)31(27,28)20-11-16(22)6-7-17(20)23/h5-8,10-11,15H,3-4,9,12-13H2,1-2H3,(H,24,26). The van der Waals surface area contributed by atoms with Gasteiger partial charge in [-0.15, -0.1) is 0 Å². The average Bonchev–Trinajstić information content (AvgIpc) is 2.78. The molecule has 0 spiro atoms. The molecular weight excluding hydrogens is 463 g/mol. The van der Waals surface area contributed by atoms with Gasteiger partial charge in [0.2, 0.25) is 15.9 Å². The fourth-order valence-electron chi connectivity index (χ4n) is 3.51. The number of benzene rings is 2. The summed E-state index contributed by atoms with van der Waals surface area (Å²) in [5, 5.41) is 3.27. The number of ether oxygens (including phenoxy) is 2. The zero-order valence-electron chi connectivity index (χ0n) is 17.2. The third-order valence-corrected chi connectivity index (χ3v) is 7.76. The zero-order chi connectivity index (χ0) is 22.6. The quantitative estimate of drug-likeness (QED) is 0.644. The van der Waals surface area contributed by atoms with Crippen LogP contribution in [0.25, 0.3) is 0 Å². The molecule has 1 fully saturated rings. The molecule has 1 amide bonds. The maximum absolute atomic E-state index is 13.1. The van der Waals surface area contributed by atoms with Crippen LogP contribution in [-0.2, 0) is 21.4 Å². The fourth-order valence-corrected chi connectivity index (χ4v) is 5.77. The summed E-state index contributed by atoms with van der Waals surface area (Å²) in [7, 11) is -0.760. The van der Waals surface area contributed by atoms with Gasteiger partial charge in [0.25, 0.3) is 0 Å². The smallest absolute Gasteiger partial charge is 0.244 e. The maximum atomic E-state index is 13.1. The van der Waals surface area contributed by atoms with E-state index in [0.717, 1.165) is 5.56 Å². The lowest BCUT2D eigenvalue weighted by atomic mass is 9.98. The summed E-state index contributed by atoms with van der Waals surface area (Å²) in [6.45, 7) is 0.704. The van der Waals surface area contributed by atoms with Gasteiger partial charge in [-0.1, -0.05) is 29.3 Å². The number of hydrogen-bond donors (Lipinski definition) is 1. The first-order chi connectivity index (χ1) is 14.8. The Labute approximate surface area is 192 Å². The van der Waals surface area contributed by atoms with Crippen molar-refractivity contribution < 1.29 is 22.7 Å². The van der Waals surface area contributed by atoms with Crippen LogP contribution in [0.4, 0.5) is 0 Å². The Bertz CT molecular complexity index is 1060. The monoisotopic (exact) mass is 486 g/mol. The predicted octanol–water partition coefficient (Wildman–Crippen LogP) is 3.73. The number of sulfonamides is 1. The van der Waals surface area contributed by atoms with Crippen LogP contribution in [0, 0.1) is 5.92 Å². The highest BCUT2D eigenvalue weighted by Gasteiger charge is 2.34. The molecule has 7 nitrogen and oxygen atoms in total. The second-order valence-electron chi connectivity index (χ2n) is 7.18. The van der Waals surface area contributed by atoms with Gasteiger partial charge in [-0.05, 0) is 48.7 Å². The van der Waals surface area contributed by atoms with E-state index in [4.69, 9.17) is 32.7 Å². The lowest BCUT2D eigenvalue weighted by molar-refractivity contribution is -0.126. The topological polar surface area (TPSA) is 84.9 Å². The van der Waals surface area contributed by atoms with Gasteiger partial charge >= 0.3 is 0 Å². The van der Waals surface area contributed by atoms with Gasteiger partial charge in [0.1, 0.15) is 4.90 Å². The summed E-state index contributed by atoms with van der Waals surface area (Å²) in [6, 6.07) is 9.71. The van der Waals surface area contributed by atoms with Crippen molar-refractivity contribution >= 4 is 39.1 Å². The van der Waals surface area contributed by atoms with E-state index in [0.29, 0.717) is 37.4 Å². The first-order valence-electron chi connectivity index (χ1n) is 9.70. The molecule has 1 aliphatic rings. The van der Waals surface area contributed by atoms with Crippen molar-refractivity contribution in [1.82, 2.24) is 9.62 Å². The van der Waals surface area contributed by atoms with Crippen molar-refractivity contribution in [1.29, 1.82) is 0 Å². The number of hydrogen-bond acceptors (Lipinski definition) is 5. The first kappa shape index (κ1) is 23.7. The van der Waals surface area contributed by atoms with Gasteiger partial charge < -0.3 is 14.8 Å². The first-order valence-corrected chi connectivity index (χ1v) is 11.9. The fraction of sp³-hybridized carbons (Fsp3) is 0.381. The van der Waals surface area contributed by atoms with Gasteiger partial charge in [-0.25, -0.2) is 8.42 Å². The van der Waals surface area contributed by atoms with Gasteiger partial charge in [-0.3, -0.25) is 4.79 Å². The highest BCUT2D eigenvalue weighted by atomic mass is 35.5. The number of amides is 1. The van der Waals surface area contributed by atoms with Gasteiger partial charge in [0.15, 0.2) is 11.5 Å². The Kier molecular flexibility index (Phi) is 7.69. The van der Waals surface area contributed by atoms with Crippen molar-refractivity contribution in [2.24, 2.45) is 5.92 Å². The maximum Gasteiger partial charge on any atom is 0.244 e. The molecule has 168 valence electrons. The largest absolute Gasteiger partial charge is 0.493 e. The van der Waals surface area contributed by atoms with Crippen LogP contribution in [0.1, 0.15) is 18.4 Å².